The van der Waals surface area contributed by atoms with Crippen LogP contribution >= 0.6 is 12.4 Å². The monoisotopic (exact) mass is 290 g/mol. The van der Waals surface area contributed by atoms with E-state index in [0.717, 1.165) is 19.6 Å². The Balaban J connectivity index is 0.00000180. The summed E-state index contributed by atoms with van der Waals surface area (Å²) in [6.45, 7) is 4.53. The van der Waals surface area contributed by atoms with Crippen molar-refractivity contribution in [2.24, 2.45) is 5.92 Å². The molecule has 2 rings (SSSR count). The van der Waals surface area contributed by atoms with E-state index < -0.39 is 6.04 Å². The predicted molar refractivity (Wildman–Crippen MR) is 74.2 cm³/mol. The van der Waals surface area contributed by atoms with Gasteiger partial charge in [-0.3, -0.25) is 9.59 Å². The second kappa shape index (κ2) is 7.70. The molecule has 1 N–H and O–H groups in total. The van der Waals surface area contributed by atoms with E-state index in [9.17, 15) is 9.59 Å². The van der Waals surface area contributed by atoms with E-state index in [1.54, 1.807) is 6.92 Å². The highest BCUT2D eigenvalue weighted by Gasteiger charge is 2.32. The number of rotatable bonds is 5. The van der Waals surface area contributed by atoms with E-state index >= 15 is 0 Å². The van der Waals surface area contributed by atoms with Crippen molar-refractivity contribution in [3.63, 3.8) is 0 Å². The van der Waals surface area contributed by atoms with Gasteiger partial charge in [-0.15, -0.1) is 12.4 Å². The maximum absolute atomic E-state index is 12.2. The van der Waals surface area contributed by atoms with Crippen LogP contribution in [0.25, 0.3) is 0 Å². The van der Waals surface area contributed by atoms with Crippen LogP contribution in [-0.4, -0.2) is 49.1 Å². The largest absolute Gasteiger partial charge is 0.466 e. The quantitative estimate of drug-likeness (QED) is 0.766. The van der Waals surface area contributed by atoms with Gasteiger partial charge in [0, 0.05) is 19.6 Å². The van der Waals surface area contributed by atoms with E-state index in [-0.39, 0.29) is 30.7 Å². The lowest BCUT2D eigenvalue weighted by atomic mass is 9.85. The summed E-state index contributed by atoms with van der Waals surface area (Å²) in [4.78, 5) is 25.5. The lowest BCUT2D eigenvalue weighted by molar-refractivity contribution is -0.148. The molecular weight excluding hydrogens is 268 g/mol. The second-order valence-corrected chi connectivity index (χ2v) is 5.10. The first-order chi connectivity index (χ1) is 8.70. The number of esters is 1. The first-order valence-corrected chi connectivity index (χ1v) is 6.88. The Labute approximate surface area is 120 Å². The zero-order valence-electron chi connectivity index (χ0n) is 11.4. The van der Waals surface area contributed by atoms with Gasteiger partial charge in [0.25, 0.3) is 0 Å². The molecule has 6 heteroatoms. The Morgan fingerprint density at radius 1 is 1.47 bits per heavy atom. The van der Waals surface area contributed by atoms with Crippen molar-refractivity contribution in [2.45, 2.75) is 38.6 Å². The third-order valence-electron chi connectivity index (χ3n) is 3.76. The first kappa shape index (κ1) is 16.2. The number of carbonyl (C=O) groups is 2. The average molecular weight is 291 g/mol. The fourth-order valence-corrected chi connectivity index (χ4v) is 2.51. The molecule has 1 atom stereocenters. The Bertz CT molecular complexity index is 321. The molecule has 19 heavy (non-hydrogen) atoms. The predicted octanol–water partition coefficient (Wildman–Crippen LogP) is 0.962. The number of nitrogens with one attached hydrogen (secondary N) is 1. The van der Waals surface area contributed by atoms with Crippen LogP contribution in [0.4, 0.5) is 0 Å². The van der Waals surface area contributed by atoms with Crippen LogP contribution in [0, 0.1) is 5.92 Å². The molecule has 1 aliphatic heterocycles. The van der Waals surface area contributed by atoms with Crippen molar-refractivity contribution in [3.05, 3.63) is 0 Å². The van der Waals surface area contributed by atoms with E-state index in [4.69, 9.17) is 4.74 Å². The van der Waals surface area contributed by atoms with Gasteiger partial charge in [-0.2, -0.15) is 0 Å². The maximum atomic E-state index is 12.2. The van der Waals surface area contributed by atoms with E-state index in [2.05, 4.69) is 5.32 Å². The van der Waals surface area contributed by atoms with Gasteiger partial charge in [-0.05, 0) is 25.7 Å². The fraction of sp³-hybridized carbons (Fsp3) is 0.846. The topological polar surface area (TPSA) is 58.6 Å². The van der Waals surface area contributed by atoms with Gasteiger partial charge in [0.1, 0.15) is 0 Å². The molecule has 0 bridgehead atoms. The summed E-state index contributed by atoms with van der Waals surface area (Å²) in [5, 5.41) is 3.11. The Hall–Kier alpha value is -0.810. The number of amides is 1. The molecule has 1 saturated carbocycles. The third-order valence-corrected chi connectivity index (χ3v) is 3.76. The van der Waals surface area contributed by atoms with E-state index in [0.29, 0.717) is 12.5 Å². The number of hydrogen-bond donors (Lipinski definition) is 1. The van der Waals surface area contributed by atoms with Crippen molar-refractivity contribution in [2.75, 3.05) is 26.2 Å². The number of halogens is 1. The van der Waals surface area contributed by atoms with Gasteiger partial charge < -0.3 is 15.0 Å². The molecular formula is C13H23ClN2O3. The fourth-order valence-electron chi connectivity index (χ4n) is 2.51. The van der Waals surface area contributed by atoms with Crippen LogP contribution in [0.2, 0.25) is 0 Å². The van der Waals surface area contributed by atoms with E-state index in [1.165, 1.54) is 19.3 Å². The molecule has 0 aromatic rings. The highest BCUT2D eigenvalue weighted by molar-refractivity contribution is 5.87. The van der Waals surface area contributed by atoms with Crippen LogP contribution in [0.5, 0.6) is 0 Å². The summed E-state index contributed by atoms with van der Waals surface area (Å²) >= 11 is 0. The number of piperazine rings is 1. The summed E-state index contributed by atoms with van der Waals surface area (Å²) in [5.41, 5.74) is 0. The standard InChI is InChI=1S/C13H22N2O3.ClH/c1-2-18-12(16)8-11-13(17)15(7-6-14-11)9-10-4-3-5-10;/h10-11,14H,2-9H2,1H3;1H. The van der Waals surface area contributed by atoms with Crippen LogP contribution in [0.1, 0.15) is 32.6 Å². The van der Waals surface area contributed by atoms with Crippen molar-refractivity contribution >= 4 is 24.3 Å². The van der Waals surface area contributed by atoms with Crippen LogP contribution in [0.3, 0.4) is 0 Å². The average Bonchev–Trinajstić information content (AvgIpc) is 2.28. The number of hydrogen-bond acceptors (Lipinski definition) is 4. The molecule has 1 heterocycles. The molecule has 0 aromatic heterocycles. The van der Waals surface area contributed by atoms with E-state index in [1.807, 2.05) is 4.90 Å². The van der Waals surface area contributed by atoms with Crippen LogP contribution in [-0.2, 0) is 14.3 Å². The molecule has 1 saturated heterocycles. The summed E-state index contributed by atoms with van der Waals surface area (Å²) < 4.78 is 4.89. The van der Waals surface area contributed by atoms with Gasteiger partial charge in [-0.25, -0.2) is 0 Å². The SMILES string of the molecule is CCOC(=O)CC1NCCN(CC2CCC2)C1=O.Cl. The lowest BCUT2D eigenvalue weighted by Crippen LogP contribution is -2.56. The minimum absolute atomic E-state index is 0. The van der Waals surface area contributed by atoms with Crippen LogP contribution in [0.15, 0.2) is 0 Å². The number of ether oxygens (including phenoxy) is 1. The van der Waals surface area contributed by atoms with Crippen LogP contribution < -0.4 is 5.32 Å². The molecule has 1 amide bonds. The molecule has 0 spiro atoms. The Kier molecular flexibility index (Phi) is 6.58. The first-order valence-electron chi connectivity index (χ1n) is 6.88. The minimum atomic E-state index is -0.391. The summed E-state index contributed by atoms with van der Waals surface area (Å²) in [6.07, 6.45) is 3.91. The molecule has 5 nitrogen and oxygen atoms in total. The zero-order valence-corrected chi connectivity index (χ0v) is 12.2. The number of nitrogens with zero attached hydrogens (tertiary/aromatic N) is 1. The molecule has 2 fully saturated rings. The van der Waals surface area contributed by atoms with Crippen molar-refractivity contribution in [1.82, 2.24) is 10.2 Å². The van der Waals surface area contributed by atoms with Gasteiger partial charge in [0.15, 0.2) is 0 Å². The number of carbonyl (C=O) groups excluding carboxylic acids is 2. The maximum Gasteiger partial charge on any atom is 0.307 e. The summed E-state index contributed by atoms with van der Waals surface area (Å²) in [6, 6.07) is -0.391. The van der Waals surface area contributed by atoms with Gasteiger partial charge in [0.2, 0.25) is 5.91 Å². The minimum Gasteiger partial charge on any atom is -0.466 e. The van der Waals surface area contributed by atoms with Gasteiger partial charge in [0.05, 0.1) is 19.1 Å². The Morgan fingerprint density at radius 3 is 2.79 bits per heavy atom. The highest BCUT2D eigenvalue weighted by Crippen LogP contribution is 2.27. The third kappa shape index (κ3) is 4.35. The summed E-state index contributed by atoms with van der Waals surface area (Å²) in [7, 11) is 0. The molecule has 2 aliphatic rings. The van der Waals surface area contributed by atoms with Crippen molar-refractivity contribution < 1.29 is 14.3 Å². The highest BCUT2D eigenvalue weighted by atomic mass is 35.5. The summed E-state index contributed by atoms with van der Waals surface area (Å²) in [5.74, 6) is 0.436. The molecule has 0 radical (unpaired) electrons. The van der Waals surface area contributed by atoms with Crippen molar-refractivity contribution in [1.29, 1.82) is 0 Å². The molecule has 0 aromatic carbocycles. The van der Waals surface area contributed by atoms with Gasteiger partial charge >= 0.3 is 5.97 Å². The molecule has 110 valence electrons. The molecule has 1 aliphatic carbocycles. The second-order valence-electron chi connectivity index (χ2n) is 5.10. The normalized spacial score (nSPS) is 23.5. The smallest absolute Gasteiger partial charge is 0.307 e. The zero-order chi connectivity index (χ0) is 13.0. The Morgan fingerprint density at radius 2 is 2.21 bits per heavy atom. The van der Waals surface area contributed by atoms with Gasteiger partial charge in [-0.1, -0.05) is 6.42 Å². The van der Waals surface area contributed by atoms with Crippen molar-refractivity contribution in [3.8, 4) is 0 Å². The molecule has 1 unspecified atom stereocenters. The lowest BCUT2D eigenvalue weighted by Gasteiger charge is -2.37.